The predicted octanol–water partition coefficient (Wildman–Crippen LogP) is 1.21. The fourth-order valence-corrected chi connectivity index (χ4v) is 1.68. The molecule has 18 heavy (non-hydrogen) atoms. The van der Waals surface area contributed by atoms with E-state index in [0.717, 1.165) is 18.1 Å². The molecule has 0 aliphatic heterocycles. The minimum Gasteiger partial charge on any atom is -0.370 e. The fraction of sp³-hybridized carbons (Fsp3) is 0.538. The number of nitrogens with one attached hydrogen (secondary N) is 1. The number of carbonyl (C=O) groups excluding carboxylic acids is 1. The second kappa shape index (κ2) is 6.96. The summed E-state index contributed by atoms with van der Waals surface area (Å²) in [7, 11) is 0. The fourth-order valence-electron chi connectivity index (χ4n) is 1.68. The third-order valence-electron chi connectivity index (χ3n) is 2.62. The van der Waals surface area contributed by atoms with Crippen LogP contribution in [-0.4, -0.2) is 34.9 Å². The van der Waals surface area contributed by atoms with Crippen molar-refractivity contribution in [3.05, 3.63) is 23.9 Å². The van der Waals surface area contributed by atoms with Crippen LogP contribution in [0.3, 0.4) is 0 Å². The van der Waals surface area contributed by atoms with Gasteiger partial charge in [0.15, 0.2) is 0 Å². The maximum atomic E-state index is 11.0. The van der Waals surface area contributed by atoms with Crippen LogP contribution in [0, 0.1) is 0 Å². The van der Waals surface area contributed by atoms with Gasteiger partial charge < -0.3 is 11.1 Å². The van der Waals surface area contributed by atoms with Gasteiger partial charge in [-0.05, 0) is 32.9 Å². The molecule has 0 aliphatic carbocycles. The molecule has 0 atom stereocenters. The topological polar surface area (TPSA) is 71.2 Å². The zero-order chi connectivity index (χ0) is 13.5. The molecule has 0 aliphatic rings. The minimum atomic E-state index is -0.313. The van der Waals surface area contributed by atoms with E-state index >= 15 is 0 Å². The van der Waals surface area contributed by atoms with Gasteiger partial charge in [0.25, 0.3) is 0 Å². The molecule has 100 valence electrons. The maximum absolute atomic E-state index is 11.0. The molecule has 0 spiro atoms. The van der Waals surface area contributed by atoms with E-state index in [1.54, 1.807) is 0 Å². The van der Waals surface area contributed by atoms with Crippen molar-refractivity contribution in [2.75, 3.05) is 18.4 Å². The van der Waals surface area contributed by atoms with Gasteiger partial charge in [-0.15, -0.1) is 0 Å². The lowest BCUT2D eigenvalue weighted by Gasteiger charge is -2.24. The Labute approximate surface area is 108 Å². The van der Waals surface area contributed by atoms with Crippen molar-refractivity contribution in [1.29, 1.82) is 0 Å². The highest BCUT2D eigenvalue weighted by Gasteiger charge is 2.13. The number of amides is 1. The van der Waals surface area contributed by atoms with Crippen molar-refractivity contribution in [2.45, 2.75) is 33.4 Å². The van der Waals surface area contributed by atoms with Crippen LogP contribution in [0.4, 0.5) is 5.82 Å². The summed E-state index contributed by atoms with van der Waals surface area (Å²) < 4.78 is 0. The standard InChI is InChI=1S/C13H22N4O/c1-4-15-13-7-5-6-11(16-13)8-17(10(2)3)9-12(14)18/h5-7,10H,4,8-9H2,1-3H3,(H2,14,18)(H,15,16). The summed E-state index contributed by atoms with van der Waals surface area (Å²) in [4.78, 5) is 17.5. The molecule has 0 radical (unpaired) electrons. The Bertz CT molecular complexity index is 392. The van der Waals surface area contributed by atoms with Crippen LogP contribution in [0.25, 0.3) is 0 Å². The first-order chi connectivity index (χ1) is 8.52. The van der Waals surface area contributed by atoms with Crippen LogP contribution in [0.1, 0.15) is 26.5 Å². The van der Waals surface area contributed by atoms with Crippen LogP contribution in [0.15, 0.2) is 18.2 Å². The normalized spacial score (nSPS) is 10.9. The van der Waals surface area contributed by atoms with Crippen molar-refractivity contribution in [2.24, 2.45) is 5.73 Å². The van der Waals surface area contributed by atoms with Crippen LogP contribution < -0.4 is 11.1 Å². The largest absolute Gasteiger partial charge is 0.370 e. The van der Waals surface area contributed by atoms with Gasteiger partial charge in [0.05, 0.1) is 12.2 Å². The number of aromatic nitrogens is 1. The Morgan fingerprint density at radius 3 is 2.78 bits per heavy atom. The Hall–Kier alpha value is -1.62. The third kappa shape index (κ3) is 4.71. The average Bonchev–Trinajstić information content (AvgIpc) is 2.28. The molecule has 1 aromatic rings. The number of nitrogens with two attached hydrogens (primary N) is 1. The van der Waals surface area contributed by atoms with Gasteiger partial charge in [-0.25, -0.2) is 4.98 Å². The molecule has 5 heteroatoms. The molecule has 1 aromatic heterocycles. The summed E-state index contributed by atoms with van der Waals surface area (Å²) in [5.74, 6) is 0.546. The van der Waals surface area contributed by atoms with Gasteiger partial charge in [0.1, 0.15) is 5.82 Å². The first kappa shape index (κ1) is 14.4. The number of pyridine rings is 1. The summed E-state index contributed by atoms with van der Waals surface area (Å²) in [5, 5.41) is 3.17. The van der Waals surface area contributed by atoms with Crippen LogP contribution in [0.2, 0.25) is 0 Å². The zero-order valence-electron chi connectivity index (χ0n) is 11.3. The lowest BCUT2D eigenvalue weighted by molar-refractivity contribution is -0.119. The molecule has 1 heterocycles. The first-order valence-electron chi connectivity index (χ1n) is 6.25. The van der Waals surface area contributed by atoms with Gasteiger partial charge in [-0.2, -0.15) is 0 Å². The third-order valence-corrected chi connectivity index (χ3v) is 2.62. The molecule has 0 unspecified atom stereocenters. The molecule has 1 amide bonds. The molecule has 0 bridgehead atoms. The number of hydrogen-bond donors (Lipinski definition) is 2. The highest BCUT2D eigenvalue weighted by atomic mass is 16.1. The Morgan fingerprint density at radius 1 is 1.50 bits per heavy atom. The molecule has 0 saturated heterocycles. The van der Waals surface area contributed by atoms with Gasteiger partial charge >= 0.3 is 0 Å². The minimum absolute atomic E-state index is 0.252. The van der Waals surface area contributed by atoms with E-state index in [-0.39, 0.29) is 18.5 Å². The monoisotopic (exact) mass is 250 g/mol. The Kier molecular flexibility index (Phi) is 5.58. The lowest BCUT2D eigenvalue weighted by atomic mass is 10.2. The predicted molar refractivity (Wildman–Crippen MR) is 73.1 cm³/mol. The van der Waals surface area contributed by atoms with Crippen molar-refractivity contribution in [1.82, 2.24) is 9.88 Å². The second-order valence-corrected chi connectivity index (χ2v) is 4.51. The smallest absolute Gasteiger partial charge is 0.231 e. The highest BCUT2D eigenvalue weighted by molar-refractivity contribution is 5.75. The van der Waals surface area contributed by atoms with Gasteiger partial charge in [-0.3, -0.25) is 9.69 Å². The van der Waals surface area contributed by atoms with E-state index in [0.29, 0.717) is 6.54 Å². The van der Waals surface area contributed by atoms with Crippen molar-refractivity contribution in [3.8, 4) is 0 Å². The van der Waals surface area contributed by atoms with Gasteiger partial charge in [-0.1, -0.05) is 6.07 Å². The van der Waals surface area contributed by atoms with Crippen LogP contribution in [0.5, 0.6) is 0 Å². The Morgan fingerprint density at radius 2 is 2.22 bits per heavy atom. The van der Waals surface area contributed by atoms with E-state index < -0.39 is 0 Å². The SMILES string of the molecule is CCNc1cccc(CN(CC(N)=O)C(C)C)n1. The Balaban J connectivity index is 2.73. The molecule has 5 nitrogen and oxygen atoms in total. The molecular weight excluding hydrogens is 228 g/mol. The summed E-state index contributed by atoms with van der Waals surface area (Å²) in [6, 6.07) is 6.10. The maximum Gasteiger partial charge on any atom is 0.231 e. The lowest BCUT2D eigenvalue weighted by Crippen LogP contribution is -2.38. The van der Waals surface area contributed by atoms with E-state index in [1.165, 1.54) is 0 Å². The van der Waals surface area contributed by atoms with Crippen LogP contribution in [-0.2, 0) is 11.3 Å². The molecular formula is C13H22N4O. The first-order valence-corrected chi connectivity index (χ1v) is 6.25. The quantitative estimate of drug-likeness (QED) is 0.763. The summed E-state index contributed by atoms with van der Waals surface area (Å²) in [5.41, 5.74) is 6.18. The van der Waals surface area contributed by atoms with Crippen molar-refractivity contribution < 1.29 is 4.79 Å². The van der Waals surface area contributed by atoms with Crippen molar-refractivity contribution in [3.63, 3.8) is 0 Å². The molecule has 0 saturated carbocycles. The summed E-state index contributed by atoms with van der Waals surface area (Å²) in [6.45, 7) is 7.83. The second-order valence-electron chi connectivity index (χ2n) is 4.51. The number of carbonyl (C=O) groups is 1. The highest BCUT2D eigenvalue weighted by Crippen LogP contribution is 2.09. The van der Waals surface area contributed by atoms with E-state index in [9.17, 15) is 4.79 Å². The van der Waals surface area contributed by atoms with Crippen LogP contribution >= 0.6 is 0 Å². The summed E-state index contributed by atoms with van der Waals surface area (Å²) >= 11 is 0. The number of primary amides is 1. The molecule has 3 N–H and O–H groups in total. The van der Waals surface area contributed by atoms with Gasteiger partial charge in [0, 0.05) is 19.1 Å². The average molecular weight is 250 g/mol. The number of anilines is 1. The molecule has 0 aromatic carbocycles. The van der Waals surface area contributed by atoms with Crippen molar-refractivity contribution >= 4 is 11.7 Å². The van der Waals surface area contributed by atoms with E-state index in [1.807, 2.05) is 43.9 Å². The molecule has 0 fully saturated rings. The number of hydrogen-bond acceptors (Lipinski definition) is 4. The van der Waals surface area contributed by atoms with E-state index in [4.69, 9.17) is 5.73 Å². The number of rotatable bonds is 7. The van der Waals surface area contributed by atoms with Gasteiger partial charge in [0.2, 0.25) is 5.91 Å². The zero-order valence-corrected chi connectivity index (χ0v) is 11.3. The summed E-state index contributed by atoms with van der Waals surface area (Å²) in [6.07, 6.45) is 0. The van der Waals surface area contributed by atoms with E-state index in [2.05, 4.69) is 10.3 Å². The number of nitrogens with zero attached hydrogens (tertiary/aromatic N) is 2. The molecule has 1 rings (SSSR count).